The zero-order valence-electron chi connectivity index (χ0n) is 22.4. The molecule has 0 aliphatic carbocycles. The summed E-state index contributed by atoms with van der Waals surface area (Å²) in [6.07, 6.45) is 3.87. The maximum Gasteiger partial charge on any atom is 0.252 e. The first-order valence-corrected chi connectivity index (χ1v) is 14.3. The zero-order chi connectivity index (χ0) is 28.9. The quantitative estimate of drug-likeness (QED) is 0.163. The van der Waals surface area contributed by atoms with Gasteiger partial charge in [0.15, 0.2) is 5.78 Å². The van der Waals surface area contributed by atoms with E-state index in [0.29, 0.717) is 29.6 Å². The lowest BCUT2D eigenvalue weighted by Crippen LogP contribution is -2.05. The van der Waals surface area contributed by atoms with Gasteiger partial charge in [-0.25, -0.2) is 4.98 Å². The summed E-state index contributed by atoms with van der Waals surface area (Å²) < 4.78 is 1.91. The van der Waals surface area contributed by atoms with Crippen LogP contribution in [-0.2, 0) is 6.42 Å². The maximum atomic E-state index is 12.2. The number of anilines is 1. The minimum Gasteiger partial charge on any atom is -0.384 e. The van der Waals surface area contributed by atoms with Gasteiger partial charge < -0.3 is 5.73 Å². The molecule has 0 saturated carbocycles. The van der Waals surface area contributed by atoms with Gasteiger partial charge in [-0.3, -0.25) is 14.6 Å². The van der Waals surface area contributed by atoms with Crippen LogP contribution in [0.25, 0.3) is 0 Å². The highest BCUT2D eigenvalue weighted by atomic mass is 79.9. The van der Waals surface area contributed by atoms with Gasteiger partial charge in [-0.1, -0.05) is 71.7 Å². The zero-order valence-corrected chi connectivity index (χ0v) is 26.3. The van der Waals surface area contributed by atoms with Crippen LogP contribution >= 0.6 is 43.5 Å². The molecule has 0 spiro atoms. The summed E-state index contributed by atoms with van der Waals surface area (Å²) in [6.45, 7) is 8.54. The Labute approximate surface area is 252 Å². The fraction of sp³-hybridized carbons (Fsp3) is 0.226. The average molecular weight is 674 g/mol. The van der Waals surface area contributed by atoms with Crippen LogP contribution in [0.5, 0.6) is 0 Å². The number of nitrogens with two attached hydrogens (primary N) is 1. The number of carbonyl (C=O) groups excluding carboxylic acids is 2. The Kier molecular flexibility index (Phi) is 13.5. The van der Waals surface area contributed by atoms with Gasteiger partial charge in [-0.05, 0) is 95.2 Å². The van der Waals surface area contributed by atoms with Gasteiger partial charge in [0.25, 0.3) is 5.24 Å². The molecule has 2 aromatic carbocycles. The topological polar surface area (TPSA) is 85.9 Å². The van der Waals surface area contributed by atoms with Gasteiger partial charge in [0.2, 0.25) is 0 Å². The molecule has 8 heteroatoms. The van der Waals surface area contributed by atoms with Gasteiger partial charge in [-0.15, -0.1) is 0 Å². The smallest absolute Gasteiger partial charge is 0.252 e. The normalized spacial score (nSPS) is 10.3. The molecule has 0 aliphatic heterocycles. The molecule has 204 valence electrons. The van der Waals surface area contributed by atoms with E-state index in [0.717, 1.165) is 20.2 Å². The lowest BCUT2D eigenvalue weighted by Gasteiger charge is -2.07. The highest BCUT2D eigenvalue weighted by Crippen LogP contribution is 2.17. The number of halogens is 3. The number of ketones is 1. The van der Waals surface area contributed by atoms with Crippen molar-refractivity contribution in [3.8, 4) is 0 Å². The highest BCUT2D eigenvalue weighted by Gasteiger charge is 2.09. The lowest BCUT2D eigenvalue weighted by molar-refractivity contribution is 0.0991. The molecule has 0 unspecified atom stereocenters. The number of Topliss-reactive ketones (excluding diaryl/α,β-unsaturated/α-hetero) is 1. The number of nitrogens with zero attached hydrogens (tertiary/aromatic N) is 2. The molecule has 2 aromatic heterocycles. The van der Waals surface area contributed by atoms with Crippen LogP contribution in [0.2, 0.25) is 0 Å². The van der Waals surface area contributed by atoms with E-state index in [1.165, 1.54) is 11.1 Å². The third-order valence-corrected chi connectivity index (χ3v) is 6.83. The summed E-state index contributed by atoms with van der Waals surface area (Å²) in [5.74, 6) is 1.68. The van der Waals surface area contributed by atoms with Crippen molar-refractivity contribution in [3.05, 3.63) is 122 Å². The van der Waals surface area contributed by atoms with Crippen molar-refractivity contribution in [2.45, 2.75) is 46.0 Å². The van der Waals surface area contributed by atoms with Gasteiger partial charge >= 0.3 is 0 Å². The fourth-order valence-electron chi connectivity index (χ4n) is 3.26. The van der Waals surface area contributed by atoms with E-state index in [1.807, 2.05) is 48.5 Å². The molecule has 39 heavy (non-hydrogen) atoms. The number of rotatable bonds is 6. The van der Waals surface area contributed by atoms with E-state index in [1.54, 1.807) is 36.7 Å². The Morgan fingerprint density at radius 3 is 1.64 bits per heavy atom. The Bertz CT molecular complexity index is 1360. The Balaban J connectivity index is 0.000000225. The summed E-state index contributed by atoms with van der Waals surface area (Å²) in [5.41, 5.74) is 10.0. The van der Waals surface area contributed by atoms with Crippen molar-refractivity contribution in [2.24, 2.45) is 0 Å². The molecular formula is C31H32Br2ClN3O2. The Morgan fingerprint density at radius 2 is 1.21 bits per heavy atom. The predicted octanol–water partition coefficient (Wildman–Crippen LogP) is 9.01. The van der Waals surface area contributed by atoms with Gasteiger partial charge in [0.1, 0.15) is 5.82 Å². The molecular weight excluding hydrogens is 642 g/mol. The number of hydrogen-bond acceptors (Lipinski definition) is 5. The van der Waals surface area contributed by atoms with Gasteiger partial charge in [0.05, 0.1) is 6.42 Å². The van der Waals surface area contributed by atoms with Crippen LogP contribution in [0.4, 0.5) is 5.82 Å². The third kappa shape index (κ3) is 11.8. The third-order valence-electron chi connectivity index (χ3n) is 5.56. The van der Waals surface area contributed by atoms with Crippen LogP contribution in [0, 0.1) is 0 Å². The number of aromatic nitrogens is 2. The largest absolute Gasteiger partial charge is 0.384 e. The SMILES string of the molecule is CC(C)c1ccnc(CC(=O)c2ccc(Br)cc2)c1.CC(C)c1ccnc(N)c1.O=C(Cl)c1ccc(Br)cc1. The first kappa shape index (κ1) is 32.3. The molecule has 0 bridgehead atoms. The first-order chi connectivity index (χ1) is 18.5. The lowest BCUT2D eigenvalue weighted by atomic mass is 10.0. The van der Waals surface area contributed by atoms with Gasteiger partial charge in [0, 0.05) is 38.2 Å². The Morgan fingerprint density at radius 1 is 0.744 bits per heavy atom. The minimum absolute atomic E-state index is 0.0981. The molecule has 0 saturated heterocycles. The molecule has 0 fully saturated rings. The van der Waals surface area contributed by atoms with E-state index in [-0.39, 0.29) is 5.78 Å². The summed E-state index contributed by atoms with van der Waals surface area (Å²) in [6, 6.07) is 22.2. The van der Waals surface area contributed by atoms with Crippen LogP contribution < -0.4 is 5.73 Å². The van der Waals surface area contributed by atoms with Gasteiger partial charge in [-0.2, -0.15) is 0 Å². The van der Waals surface area contributed by atoms with E-state index >= 15 is 0 Å². The monoisotopic (exact) mass is 671 g/mol. The fourth-order valence-corrected chi connectivity index (χ4v) is 3.92. The second-order valence-corrected chi connectivity index (χ2v) is 11.5. The van der Waals surface area contributed by atoms with Crippen LogP contribution in [0.3, 0.4) is 0 Å². The van der Waals surface area contributed by atoms with Crippen molar-refractivity contribution < 1.29 is 9.59 Å². The van der Waals surface area contributed by atoms with E-state index in [9.17, 15) is 9.59 Å². The molecule has 4 rings (SSSR count). The average Bonchev–Trinajstić information content (AvgIpc) is 2.90. The van der Waals surface area contributed by atoms with Crippen LogP contribution in [-0.4, -0.2) is 21.0 Å². The van der Waals surface area contributed by atoms with Crippen molar-refractivity contribution in [2.75, 3.05) is 5.73 Å². The molecule has 2 heterocycles. The maximum absolute atomic E-state index is 12.2. The Hall–Kier alpha value is -2.87. The van der Waals surface area contributed by atoms with Crippen LogP contribution in [0.15, 0.2) is 94.1 Å². The number of nitrogen functional groups attached to an aromatic ring is 1. The number of pyridine rings is 2. The van der Waals surface area contributed by atoms with Crippen molar-refractivity contribution >= 4 is 60.3 Å². The van der Waals surface area contributed by atoms with E-state index in [2.05, 4.69) is 69.5 Å². The number of carbonyl (C=O) groups is 2. The summed E-state index contributed by atoms with van der Waals surface area (Å²) in [4.78, 5) is 30.8. The minimum atomic E-state index is -0.424. The molecule has 5 nitrogen and oxygen atoms in total. The molecule has 0 amide bonds. The number of hydrogen-bond donors (Lipinski definition) is 1. The molecule has 2 N–H and O–H groups in total. The summed E-state index contributed by atoms with van der Waals surface area (Å²) in [5, 5.41) is -0.424. The van der Waals surface area contributed by atoms with Crippen molar-refractivity contribution in [1.29, 1.82) is 0 Å². The number of benzene rings is 2. The van der Waals surface area contributed by atoms with Crippen molar-refractivity contribution in [1.82, 2.24) is 9.97 Å². The van der Waals surface area contributed by atoms with E-state index < -0.39 is 5.24 Å². The second-order valence-electron chi connectivity index (χ2n) is 9.29. The predicted molar refractivity (Wildman–Crippen MR) is 168 cm³/mol. The standard InChI is InChI=1S/C16H16BrNO.C8H12N2.C7H4BrClO/c1-11(2)13-7-8-18-15(9-13)10-16(19)12-3-5-14(17)6-4-12;1-6(2)7-3-4-10-8(9)5-7;8-6-3-1-5(2-4-6)7(9)10/h3-9,11H,10H2,1-2H3;3-6H,1-2H3,(H2,9,10);1-4H. The van der Waals surface area contributed by atoms with Crippen LogP contribution in [0.1, 0.15) is 77.1 Å². The second kappa shape index (κ2) is 16.3. The summed E-state index contributed by atoms with van der Waals surface area (Å²) in [7, 11) is 0. The first-order valence-electron chi connectivity index (χ1n) is 12.4. The summed E-state index contributed by atoms with van der Waals surface area (Å²) >= 11 is 11.8. The van der Waals surface area contributed by atoms with E-state index in [4.69, 9.17) is 17.3 Å². The highest BCUT2D eigenvalue weighted by molar-refractivity contribution is 9.10. The molecule has 0 atom stereocenters. The molecule has 4 aromatic rings. The molecule has 0 radical (unpaired) electrons. The van der Waals surface area contributed by atoms with Crippen molar-refractivity contribution in [3.63, 3.8) is 0 Å². The molecule has 0 aliphatic rings.